The average Bonchev–Trinajstić information content (AvgIpc) is 2.31. The van der Waals surface area contributed by atoms with E-state index in [1.807, 2.05) is 0 Å². The molecule has 0 aromatic carbocycles. The first-order valence-electron chi connectivity index (χ1n) is 6.38. The second-order valence-corrected chi connectivity index (χ2v) is 4.42. The molecule has 5 N–H and O–H groups in total. The van der Waals surface area contributed by atoms with Crippen molar-refractivity contribution in [2.24, 2.45) is 5.73 Å². The van der Waals surface area contributed by atoms with Gasteiger partial charge in [0.15, 0.2) is 0 Å². The number of hydrogen-bond donors (Lipinski definition) is 4. The summed E-state index contributed by atoms with van der Waals surface area (Å²) in [6.07, 6.45) is 1.80. The molecule has 0 heterocycles. The number of carbonyl (C=O) groups excluding carboxylic acids is 3. The molecule has 0 radical (unpaired) electrons. The Morgan fingerprint density at radius 2 is 1.80 bits per heavy atom. The Kier molecular flexibility index (Phi) is 8.73. The topological polar surface area (TPSA) is 139 Å². The molecule has 0 aromatic heterocycles. The van der Waals surface area contributed by atoms with Gasteiger partial charge in [-0.25, -0.2) is 4.79 Å². The minimum Gasteiger partial charge on any atom is -0.480 e. The third-order valence-electron chi connectivity index (χ3n) is 2.49. The number of amides is 3. The molecule has 8 heteroatoms. The third-order valence-corrected chi connectivity index (χ3v) is 2.49. The van der Waals surface area contributed by atoms with Crippen molar-refractivity contribution in [3.63, 3.8) is 0 Å². The SMILES string of the molecule is CC(=O)NCCCCCC(=O)N[C@H](CC(N)=O)C(=O)O. The van der Waals surface area contributed by atoms with Crippen LogP contribution in [0.3, 0.4) is 0 Å². The quantitative estimate of drug-likeness (QED) is 0.387. The number of carboxylic acid groups (broad SMARTS) is 1. The zero-order chi connectivity index (χ0) is 15.5. The van der Waals surface area contributed by atoms with E-state index in [-0.39, 0.29) is 12.3 Å². The van der Waals surface area contributed by atoms with Gasteiger partial charge < -0.3 is 21.5 Å². The lowest BCUT2D eigenvalue weighted by atomic mass is 10.1. The van der Waals surface area contributed by atoms with Gasteiger partial charge in [0.05, 0.1) is 6.42 Å². The molecule has 20 heavy (non-hydrogen) atoms. The summed E-state index contributed by atoms with van der Waals surface area (Å²) in [6.45, 7) is 1.98. The highest BCUT2D eigenvalue weighted by atomic mass is 16.4. The Morgan fingerprint density at radius 1 is 1.15 bits per heavy atom. The van der Waals surface area contributed by atoms with Crippen molar-refractivity contribution in [1.82, 2.24) is 10.6 Å². The maximum absolute atomic E-state index is 11.5. The molecule has 3 amide bonds. The number of nitrogens with two attached hydrogens (primary N) is 1. The summed E-state index contributed by atoms with van der Waals surface area (Å²) in [5.41, 5.74) is 4.90. The van der Waals surface area contributed by atoms with Crippen LogP contribution in [-0.4, -0.2) is 41.4 Å². The molecule has 0 rings (SSSR count). The van der Waals surface area contributed by atoms with Gasteiger partial charge in [-0.2, -0.15) is 0 Å². The summed E-state index contributed by atoms with van der Waals surface area (Å²) in [7, 11) is 0. The molecule has 0 aliphatic carbocycles. The van der Waals surface area contributed by atoms with E-state index in [0.29, 0.717) is 13.0 Å². The van der Waals surface area contributed by atoms with Gasteiger partial charge >= 0.3 is 5.97 Å². The first kappa shape index (κ1) is 17.9. The molecule has 0 fully saturated rings. The number of hydrogen-bond acceptors (Lipinski definition) is 4. The van der Waals surface area contributed by atoms with E-state index in [1.54, 1.807) is 0 Å². The lowest BCUT2D eigenvalue weighted by Crippen LogP contribution is -2.43. The van der Waals surface area contributed by atoms with Gasteiger partial charge in [0.25, 0.3) is 0 Å². The number of aliphatic carboxylic acids is 1. The molecular formula is C12H21N3O5. The lowest BCUT2D eigenvalue weighted by Gasteiger charge is -2.12. The molecule has 0 unspecified atom stereocenters. The van der Waals surface area contributed by atoms with Crippen molar-refractivity contribution in [3.05, 3.63) is 0 Å². The molecule has 0 bridgehead atoms. The van der Waals surface area contributed by atoms with Crippen LogP contribution < -0.4 is 16.4 Å². The van der Waals surface area contributed by atoms with Gasteiger partial charge in [-0.3, -0.25) is 14.4 Å². The summed E-state index contributed by atoms with van der Waals surface area (Å²) in [5, 5.41) is 13.7. The summed E-state index contributed by atoms with van der Waals surface area (Å²) in [4.78, 5) is 43.5. The Hall–Kier alpha value is -2.12. The van der Waals surface area contributed by atoms with E-state index in [0.717, 1.165) is 12.8 Å². The van der Waals surface area contributed by atoms with Gasteiger partial charge in [0.1, 0.15) is 6.04 Å². The fraction of sp³-hybridized carbons (Fsp3) is 0.667. The van der Waals surface area contributed by atoms with Crippen LogP contribution in [-0.2, 0) is 19.2 Å². The van der Waals surface area contributed by atoms with Crippen LogP contribution >= 0.6 is 0 Å². The van der Waals surface area contributed by atoms with Crippen molar-refractivity contribution in [3.8, 4) is 0 Å². The van der Waals surface area contributed by atoms with Crippen LogP contribution in [0.15, 0.2) is 0 Å². The van der Waals surface area contributed by atoms with Crippen LogP contribution in [0.25, 0.3) is 0 Å². The van der Waals surface area contributed by atoms with Crippen LogP contribution in [0.2, 0.25) is 0 Å². The van der Waals surface area contributed by atoms with Crippen molar-refractivity contribution in [2.45, 2.75) is 45.1 Å². The molecule has 0 aliphatic rings. The van der Waals surface area contributed by atoms with E-state index in [4.69, 9.17) is 10.8 Å². The number of carboxylic acids is 1. The smallest absolute Gasteiger partial charge is 0.326 e. The van der Waals surface area contributed by atoms with Crippen LogP contribution in [0.1, 0.15) is 39.0 Å². The average molecular weight is 287 g/mol. The molecule has 0 saturated heterocycles. The predicted molar refractivity (Wildman–Crippen MR) is 70.5 cm³/mol. The van der Waals surface area contributed by atoms with E-state index < -0.39 is 30.2 Å². The summed E-state index contributed by atoms with van der Waals surface area (Å²) in [6, 6.07) is -1.28. The van der Waals surface area contributed by atoms with Gasteiger partial charge in [-0.1, -0.05) is 6.42 Å². The Balaban J connectivity index is 3.82. The highest BCUT2D eigenvalue weighted by Crippen LogP contribution is 2.00. The minimum atomic E-state index is -1.29. The van der Waals surface area contributed by atoms with Crippen LogP contribution in [0.5, 0.6) is 0 Å². The molecule has 0 aliphatic heterocycles. The number of primary amides is 1. The molecular weight excluding hydrogens is 266 g/mol. The number of unbranched alkanes of at least 4 members (excludes halogenated alkanes) is 2. The van der Waals surface area contributed by atoms with E-state index in [9.17, 15) is 19.2 Å². The van der Waals surface area contributed by atoms with Crippen molar-refractivity contribution >= 4 is 23.7 Å². The molecule has 0 saturated carbocycles. The normalized spacial score (nSPS) is 11.4. The van der Waals surface area contributed by atoms with Gasteiger partial charge in [-0.15, -0.1) is 0 Å². The van der Waals surface area contributed by atoms with Crippen molar-refractivity contribution in [2.75, 3.05) is 6.54 Å². The van der Waals surface area contributed by atoms with Crippen molar-refractivity contribution < 1.29 is 24.3 Å². The first-order chi connectivity index (χ1) is 9.32. The highest BCUT2D eigenvalue weighted by Gasteiger charge is 2.21. The van der Waals surface area contributed by atoms with Crippen LogP contribution in [0.4, 0.5) is 0 Å². The molecule has 1 atom stereocenters. The molecule has 0 aromatic rings. The van der Waals surface area contributed by atoms with Gasteiger partial charge in [-0.05, 0) is 12.8 Å². The Labute approximate surface area is 117 Å². The second kappa shape index (κ2) is 9.76. The van der Waals surface area contributed by atoms with E-state index in [1.165, 1.54) is 6.92 Å². The fourth-order valence-electron chi connectivity index (χ4n) is 1.52. The largest absolute Gasteiger partial charge is 0.480 e. The Morgan fingerprint density at radius 3 is 2.30 bits per heavy atom. The van der Waals surface area contributed by atoms with Crippen molar-refractivity contribution in [1.29, 1.82) is 0 Å². The zero-order valence-corrected chi connectivity index (χ0v) is 11.5. The standard InChI is InChI=1S/C12H21N3O5/c1-8(16)14-6-4-2-3-5-11(18)15-9(12(19)20)7-10(13)17/h9H,2-7H2,1H3,(H2,13,17)(H,14,16)(H,15,18)(H,19,20)/t9-/m1/s1. The highest BCUT2D eigenvalue weighted by molar-refractivity contribution is 5.88. The predicted octanol–water partition coefficient (Wildman–Crippen LogP) is -0.872. The zero-order valence-electron chi connectivity index (χ0n) is 11.5. The van der Waals surface area contributed by atoms with Crippen LogP contribution in [0, 0.1) is 0 Å². The first-order valence-corrected chi connectivity index (χ1v) is 6.38. The number of rotatable bonds is 10. The van der Waals surface area contributed by atoms with E-state index in [2.05, 4.69) is 10.6 Å². The minimum absolute atomic E-state index is 0.0986. The summed E-state index contributed by atoms with van der Waals surface area (Å²) in [5.74, 6) is -2.60. The third kappa shape index (κ3) is 9.86. The molecule has 8 nitrogen and oxygen atoms in total. The summed E-state index contributed by atoms with van der Waals surface area (Å²) < 4.78 is 0. The monoisotopic (exact) mass is 287 g/mol. The lowest BCUT2D eigenvalue weighted by molar-refractivity contribution is -0.143. The number of nitrogens with one attached hydrogen (secondary N) is 2. The Bertz CT molecular complexity index is 370. The number of carbonyl (C=O) groups is 4. The summed E-state index contributed by atoms with van der Waals surface area (Å²) >= 11 is 0. The second-order valence-electron chi connectivity index (χ2n) is 4.42. The maximum atomic E-state index is 11.5. The van der Waals surface area contributed by atoms with Gasteiger partial charge in [0, 0.05) is 19.9 Å². The molecule has 0 spiro atoms. The van der Waals surface area contributed by atoms with E-state index >= 15 is 0 Å². The van der Waals surface area contributed by atoms with Gasteiger partial charge in [0.2, 0.25) is 17.7 Å². The fourth-order valence-corrected chi connectivity index (χ4v) is 1.52. The molecule has 114 valence electrons. The maximum Gasteiger partial charge on any atom is 0.326 e.